The Morgan fingerprint density at radius 2 is 1.01 bits per heavy atom. The maximum absolute atomic E-state index is 13.1. The smallest absolute Gasteiger partial charge is 0.451 e. The molecular formula is C45H53F6N11O7. The lowest BCUT2D eigenvalue weighted by Crippen LogP contribution is -2.48. The Hall–Kier alpha value is -6.46. The number of amides is 2. The van der Waals surface area contributed by atoms with E-state index in [-0.39, 0.29) is 29.8 Å². The zero-order chi connectivity index (χ0) is 50.7. The van der Waals surface area contributed by atoms with Crippen LogP contribution < -0.4 is 5.73 Å². The van der Waals surface area contributed by atoms with Gasteiger partial charge < -0.3 is 20.3 Å². The van der Waals surface area contributed by atoms with Crippen molar-refractivity contribution in [3.63, 3.8) is 0 Å². The highest BCUT2D eigenvalue weighted by Gasteiger charge is 2.60. The van der Waals surface area contributed by atoms with E-state index >= 15 is 0 Å². The van der Waals surface area contributed by atoms with Gasteiger partial charge in [0.05, 0.1) is 23.1 Å². The molecule has 8 rings (SSSR count). The number of nitrogens with zero attached hydrogens (tertiary/aromatic N) is 10. The van der Waals surface area contributed by atoms with Gasteiger partial charge in [0.1, 0.15) is 29.9 Å². The number of carboxylic acid groups (broad SMARTS) is 1. The number of alkyl halides is 6. The molecule has 24 heteroatoms. The standard InChI is InChI=1S/C23H26F3N5O3.C12H19NO4.C10H8F3N5/c1-21(2,3)34-20(33)31-17(6-7-22(31)8-9-22)18(32)5-4-15-10-16(30-13-29-15)14-11-27-19(28-12-14)23(24,25)26;1-11(2,3)17-10(16)13-8(9(14)15)4-5-12(13)6-7-12;11-10(12,13)9-15-3-6(4-16-9)8-1-7(2-14)17-5-18-8/h10-13,17H,4-9H2,1-3H3;8H,4-7H2,1-3H3,(H,14,15);1,3-5H,2,14H2/t17-;8-;/m00./s1. The molecule has 4 fully saturated rings. The molecule has 2 saturated carbocycles. The van der Waals surface area contributed by atoms with E-state index in [4.69, 9.17) is 20.3 Å². The van der Waals surface area contributed by atoms with Gasteiger partial charge in [0, 0.05) is 65.7 Å². The molecule has 0 radical (unpaired) electrons. The van der Waals surface area contributed by atoms with Crippen LogP contribution >= 0.6 is 0 Å². The first-order chi connectivity index (χ1) is 32.1. The molecule has 0 aromatic carbocycles. The first-order valence-corrected chi connectivity index (χ1v) is 22.0. The van der Waals surface area contributed by atoms with Crippen molar-refractivity contribution >= 4 is 23.9 Å². The van der Waals surface area contributed by atoms with Crippen molar-refractivity contribution in [1.82, 2.24) is 49.7 Å². The third kappa shape index (κ3) is 13.2. The van der Waals surface area contributed by atoms with Gasteiger partial charge in [-0.1, -0.05) is 0 Å². The fraction of sp³-hybridized carbons (Fsp3) is 0.556. The number of hydrogen-bond acceptors (Lipinski definition) is 15. The van der Waals surface area contributed by atoms with Crippen molar-refractivity contribution in [1.29, 1.82) is 0 Å². The van der Waals surface area contributed by atoms with Crippen LogP contribution in [-0.4, -0.2) is 113 Å². The molecule has 2 aliphatic heterocycles. The SMILES string of the molecule is CC(C)(C)OC(=O)N1[C@H](C(=O)CCc2cc(-c3cnc(C(F)(F)F)nc3)ncn2)CCC12CC2.CC(C)(C)OC(=O)N1[C@H](C(=O)O)CCC12CC2.NCc1cc(-c2cnc(C(F)(F)F)nc2)ncn1. The van der Waals surface area contributed by atoms with E-state index in [2.05, 4.69) is 39.9 Å². The molecule has 3 N–H and O–H groups in total. The number of ketones is 1. The molecule has 6 heterocycles. The minimum absolute atomic E-state index is 0.0624. The van der Waals surface area contributed by atoms with E-state index in [1.807, 2.05) is 0 Å². The summed E-state index contributed by atoms with van der Waals surface area (Å²) in [6.07, 6.45) is 3.44. The second kappa shape index (κ2) is 19.9. The van der Waals surface area contributed by atoms with Gasteiger partial charge >= 0.3 is 30.5 Å². The van der Waals surface area contributed by atoms with E-state index in [1.54, 1.807) is 58.6 Å². The van der Waals surface area contributed by atoms with Crippen LogP contribution in [0.25, 0.3) is 22.5 Å². The van der Waals surface area contributed by atoms with Gasteiger partial charge in [-0.2, -0.15) is 26.3 Å². The third-order valence-corrected chi connectivity index (χ3v) is 11.6. The highest BCUT2D eigenvalue weighted by Crippen LogP contribution is 2.53. The Labute approximate surface area is 392 Å². The van der Waals surface area contributed by atoms with Crippen LogP contribution in [0.3, 0.4) is 0 Å². The summed E-state index contributed by atoms with van der Waals surface area (Å²) in [5.41, 5.74) is 6.32. The van der Waals surface area contributed by atoms with Gasteiger partial charge in [-0.15, -0.1) is 0 Å². The molecule has 69 heavy (non-hydrogen) atoms. The molecule has 2 saturated heterocycles. The number of halogens is 6. The number of carbonyl (C=O) groups is 4. The second-order valence-corrected chi connectivity index (χ2v) is 19.1. The number of carboxylic acids is 1. The first kappa shape index (κ1) is 51.9. The van der Waals surface area contributed by atoms with Crippen molar-refractivity contribution in [2.75, 3.05) is 0 Å². The lowest BCUT2D eigenvalue weighted by molar-refractivity contribution is -0.145. The van der Waals surface area contributed by atoms with Gasteiger partial charge in [-0.25, -0.2) is 54.3 Å². The summed E-state index contributed by atoms with van der Waals surface area (Å²) in [5.74, 6) is -3.40. The van der Waals surface area contributed by atoms with E-state index in [0.717, 1.165) is 63.3 Å². The number of aliphatic carboxylic acids is 1. The van der Waals surface area contributed by atoms with Crippen molar-refractivity contribution in [3.8, 4) is 22.5 Å². The number of aromatic nitrogens is 8. The van der Waals surface area contributed by atoms with E-state index in [1.165, 1.54) is 17.6 Å². The average Bonchev–Trinajstić information content (AvgIpc) is 4.15. The molecule has 2 spiro atoms. The summed E-state index contributed by atoms with van der Waals surface area (Å²) in [5, 5.41) is 9.14. The number of carbonyl (C=O) groups excluding carboxylic acids is 3. The molecule has 4 aliphatic rings. The normalized spacial score (nSPS) is 19.0. The van der Waals surface area contributed by atoms with Crippen LogP contribution in [0.1, 0.15) is 122 Å². The molecule has 0 bridgehead atoms. The Morgan fingerprint density at radius 3 is 1.39 bits per heavy atom. The fourth-order valence-corrected chi connectivity index (χ4v) is 8.03. The number of nitrogens with two attached hydrogens (primary N) is 1. The van der Waals surface area contributed by atoms with Crippen LogP contribution in [0.2, 0.25) is 0 Å². The molecule has 2 amide bonds. The van der Waals surface area contributed by atoms with Crippen molar-refractivity contribution in [2.45, 2.75) is 159 Å². The van der Waals surface area contributed by atoms with Gasteiger partial charge in [0.25, 0.3) is 0 Å². The molecule has 372 valence electrons. The van der Waals surface area contributed by atoms with Crippen molar-refractivity contribution < 1.29 is 60.1 Å². The highest BCUT2D eigenvalue weighted by molar-refractivity contribution is 5.89. The van der Waals surface area contributed by atoms with Crippen LogP contribution in [0.4, 0.5) is 35.9 Å². The number of aryl methyl sites for hydroxylation is 1. The topological polar surface area (TPSA) is 243 Å². The molecule has 18 nitrogen and oxygen atoms in total. The number of Topliss-reactive ketones (excluding diaryl/α,β-unsaturated/α-hetero) is 1. The predicted molar refractivity (Wildman–Crippen MR) is 231 cm³/mol. The first-order valence-electron chi connectivity index (χ1n) is 22.0. The molecule has 2 aliphatic carbocycles. The average molecular weight is 974 g/mol. The lowest BCUT2D eigenvalue weighted by atomic mass is 10.0. The number of hydrogen-bond donors (Lipinski definition) is 2. The lowest BCUT2D eigenvalue weighted by Gasteiger charge is -2.32. The Morgan fingerprint density at radius 1 is 0.623 bits per heavy atom. The van der Waals surface area contributed by atoms with E-state index in [9.17, 15) is 45.5 Å². The third-order valence-electron chi connectivity index (χ3n) is 11.6. The maximum atomic E-state index is 13.1. The van der Waals surface area contributed by atoms with E-state index < -0.39 is 65.4 Å². The maximum Gasteiger partial charge on any atom is 0.451 e. The highest BCUT2D eigenvalue weighted by atomic mass is 19.4. The number of rotatable bonds is 8. The molecule has 4 aromatic rings. The van der Waals surface area contributed by atoms with Gasteiger partial charge in [-0.05, 0) is 111 Å². The van der Waals surface area contributed by atoms with E-state index in [0.29, 0.717) is 53.2 Å². The van der Waals surface area contributed by atoms with Gasteiger partial charge in [0.15, 0.2) is 5.78 Å². The van der Waals surface area contributed by atoms with Crippen LogP contribution in [0, 0.1) is 0 Å². The van der Waals surface area contributed by atoms with Crippen molar-refractivity contribution in [3.05, 3.63) is 72.6 Å². The zero-order valence-electron chi connectivity index (χ0n) is 38.8. The molecule has 4 aromatic heterocycles. The zero-order valence-corrected chi connectivity index (χ0v) is 38.8. The summed E-state index contributed by atoms with van der Waals surface area (Å²) in [6.45, 7) is 11.0. The van der Waals surface area contributed by atoms with Crippen molar-refractivity contribution in [2.24, 2.45) is 5.73 Å². The number of ether oxygens (including phenoxy) is 2. The Balaban J connectivity index is 0.000000188. The quantitative estimate of drug-likeness (QED) is 0.160. The molecule has 0 unspecified atom stereocenters. The Kier molecular flexibility index (Phi) is 15.0. The molecular weight excluding hydrogens is 921 g/mol. The summed E-state index contributed by atoms with van der Waals surface area (Å²) >= 11 is 0. The largest absolute Gasteiger partial charge is 0.480 e. The minimum atomic E-state index is -4.62. The van der Waals surface area contributed by atoms with Crippen LogP contribution in [0.5, 0.6) is 0 Å². The second-order valence-electron chi connectivity index (χ2n) is 19.1. The summed E-state index contributed by atoms with van der Waals surface area (Å²) in [6, 6.07) is 1.93. The predicted octanol–water partition coefficient (Wildman–Crippen LogP) is 7.80. The number of likely N-dealkylation sites (tertiary alicyclic amines) is 2. The van der Waals surface area contributed by atoms with Crippen LogP contribution in [0.15, 0.2) is 49.6 Å². The summed E-state index contributed by atoms with van der Waals surface area (Å²) < 4.78 is 85.7. The van der Waals surface area contributed by atoms with Gasteiger partial charge in [-0.3, -0.25) is 14.6 Å². The minimum Gasteiger partial charge on any atom is -0.480 e. The monoisotopic (exact) mass is 973 g/mol. The Bertz CT molecular complexity index is 2490. The fourth-order valence-electron chi connectivity index (χ4n) is 8.03. The van der Waals surface area contributed by atoms with Gasteiger partial charge in [0.2, 0.25) is 11.6 Å². The summed E-state index contributed by atoms with van der Waals surface area (Å²) in [4.78, 5) is 81.5. The van der Waals surface area contributed by atoms with Crippen LogP contribution in [-0.2, 0) is 44.4 Å². The molecule has 2 atom stereocenters. The summed E-state index contributed by atoms with van der Waals surface area (Å²) in [7, 11) is 0.